The van der Waals surface area contributed by atoms with Crippen LogP contribution in [0.3, 0.4) is 0 Å². The van der Waals surface area contributed by atoms with Crippen molar-refractivity contribution < 1.29 is 9.53 Å². The van der Waals surface area contributed by atoms with Crippen molar-refractivity contribution in [1.29, 1.82) is 0 Å². The second-order valence-electron chi connectivity index (χ2n) is 4.89. The Bertz CT molecular complexity index is 371. The highest BCUT2D eigenvalue weighted by Crippen LogP contribution is 2.15. The lowest BCUT2D eigenvalue weighted by molar-refractivity contribution is -0.122. The fourth-order valence-electron chi connectivity index (χ4n) is 2.32. The summed E-state index contributed by atoms with van der Waals surface area (Å²) in [5.74, 6) is 0.113. The molecule has 3 heteroatoms. The number of ether oxygens (including phenoxy) is 1. The van der Waals surface area contributed by atoms with Crippen molar-refractivity contribution in [2.75, 3.05) is 6.61 Å². The number of hydrogen-bond acceptors (Lipinski definition) is 2. The minimum Gasteiger partial charge on any atom is -0.376 e. The molecule has 3 nitrogen and oxygen atoms in total. The molecule has 1 amide bonds. The van der Waals surface area contributed by atoms with Crippen LogP contribution in [0.2, 0.25) is 0 Å². The highest BCUT2D eigenvalue weighted by atomic mass is 16.5. The molecule has 0 aliphatic carbocycles. The van der Waals surface area contributed by atoms with Gasteiger partial charge in [0.05, 0.1) is 12.1 Å². The zero-order valence-corrected chi connectivity index (χ0v) is 10.9. The predicted octanol–water partition coefficient (Wildman–Crippen LogP) is 2.30. The summed E-state index contributed by atoms with van der Waals surface area (Å²) in [5.41, 5.74) is 1.21. The summed E-state index contributed by atoms with van der Waals surface area (Å²) >= 11 is 0. The smallest absolute Gasteiger partial charge is 0.220 e. The largest absolute Gasteiger partial charge is 0.376 e. The van der Waals surface area contributed by atoms with E-state index in [1.54, 1.807) is 0 Å². The molecule has 1 aromatic carbocycles. The lowest BCUT2D eigenvalue weighted by Crippen LogP contribution is -2.40. The third-order valence-corrected chi connectivity index (χ3v) is 3.39. The minimum atomic E-state index is 0.113. The fourth-order valence-corrected chi connectivity index (χ4v) is 2.32. The maximum Gasteiger partial charge on any atom is 0.220 e. The van der Waals surface area contributed by atoms with Crippen molar-refractivity contribution in [2.45, 2.75) is 44.8 Å². The third kappa shape index (κ3) is 3.84. The molecular formula is C15H21NO2. The molecule has 2 rings (SSSR count). The number of aryl methyl sites for hydroxylation is 1. The molecule has 0 bridgehead atoms. The van der Waals surface area contributed by atoms with Gasteiger partial charge in [0.15, 0.2) is 0 Å². The highest BCUT2D eigenvalue weighted by molar-refractivity contribution is 5.76. The van der Waals surface area contributed by atoms with Crippen LogP contribution < -0.4 is 5.32 Å². The van der Waals surface area contributed by atoms with Crippen molar-refractivity contribution >= 4 is 5.91 Å². The van der Waals surface area contributed by atoms with E-state index < -0.39 is 0 Å². The van der Waals surface area contributed by atoms with Crippen LogP contribution >= 0.6 is 0 Å². The third-order valence-electron chi connectivity index (χ3n) is 3.39. The number of nitrogens with one attached hydrogen (secondary N) is 1. The van der Waals surface area contributed by atoms with E-state index in [1.807, 2.05) is 25.1 Å². The first kappa shape index (κ1) is 13.1. The Hall–Kier alpha value is -1.35. The second-order valence-corrected chi connectivity index (χ2v) is 4.89. The quantitative estimate of drug-likeness (QED) is 0.867. The van der Waals surface area contributed by atoms with Crippen molar-refractivity contribution in [1.82, 2.24) is 5.32 Å². The number of rotatable bonds is 5. The van der Waals surface area contributed by atoms with Crippen molar-refractivity contribution in [3.8, 4) is 0 Å². The van der Waals surface area contributed by atoms with E-state index in [-0.39, 0.29) is 18.1 Å². The lowest BCUT2D eigenvalue weighted by Gasteiger charge is -2.19. The molecule has 0 unspecified atom stereocenters. The van der Waals surface area contributed by atoms with E-state index in [0.29, 0.717) is 6.42 Å². The molecule has 0 spiro atoms. The van der Waals surface area contributed by atoms with Gasteiger partial charge in [-0.2, -0.15) is 0 Å². The topological polar surface area (TPSA) is 38.3 Å². The van der Waals surface area contributed by atoms with Crippen molar-refractivity contribution in [3.05, 3.63) is 35.9 Å². The Balaban J connectivity index is 1.71. The first-order valence-corrected chi connectivity index (χ1v) is 6.70. The average Bonchev–Trinajstić information content (AvgIpc) is 2.91. The molecule has 0 saturated carbocycles. The molecule has 1 N–H and O–H groups in total. The van der Waals surface area contributed by atoms with Crippen LogP contribution in [0.4, 0.5) is 0 Å². The molecule has 1 aliphatic heterocycles. The van der Waals surface area contributed by atoms with Crippen LogP contribution in [-0.4, -0.2) is 24.7 Å². The molecule has 2 atom stereocenters. The Morgan fingerprint density at radius 3 is 2.89 bits per heavy atom. The summed E-state index contributed by atoms with van der Waals surface area (Å²) in [5, 5.41) is 3.03. The zero-order chi connectivity index (χ0) is 12.8. The van der Waals surface area contributed by atoms with Gasteiger partial charge in [-0.1, -0.05) is 30.3 Å². The van der Waals surface area contributed by atoms with Crippen molar-refractivity contribution in [3.63, 3.8) is 0 Å². The number of benzene rings is 1. The summed E-state index contributed by atoms with van der Waals surface area (Å²) in [4.78, 5) is 11.8. The molecule has 1 fully saturated rings. The zero-order valence-electron chi connectivity index (χ0n) is 10.9. The van der Waals surface area contributed by atoms with E-state index in [2.05, 4.69) is 17.4 Å². The number of carbonyl (C=O) groups excluding carboxylic acids is 1. The van der Waals surface area contributed by atoms with Gasteiger partial charge in [0, 0.05) is 13.0 Å². The van der Waals surface area contributed by atoms with Crippen LogP contribution in [0.1, 0.15) is 31.7 Å². The monoisotopic (exact) mass is 247 g/mol. The summed E-state index contributed by atoms with van der Waals surface area (Å²) in [6.45, 7) is 2.85. The van der Waals surface area contributed by atoms with Crippen LogP contribution in [0.5, 0.6) is 0 Å². The first-order chi connectivity index (χ1) is 8.75. The van der Waals surface area contributed by atoms with E-state index in [0.717, 1.165) is 25.9 Å². The number of amides is 1. The Morgan fingerprint density at radius 1 is 1.44 bits per heavy atom. The van der Waals surface area contributed by atoms with Gasteiger partial charge in [-0.05, 0) is 31.7 Å². The maximum absolute atomic E-state index is 11.8. The van der Waals surface area contributed by atoms with Crippen LogP contribution in [0, 0.1) is 0 Å². The van der Waals surface area contributed by atoms with E-state index in [4.69, 9.17) is 4.74 Å². The molecule has 0 aromatic heterocycles. The molecule has 1 aromatic rings. The SMILES string of the molecule is C[C@@H](NC(=O)CCc1ccccc1)[C@@H]1CCCO1. The average molecular weight is 247 g/mol. The molecule has 0 radical (unpaired) electrons. The van der Waals surface area contributed by atoms with Gasteiger partial charge in [0.2, 0.25) is 5.91 Å². The van der Waals surface area contributed by atoms with Gasteiger partial charge in [0.25, 0.3) is 0 Å². The Labute approximate surface area is 109 Å². The van der Waals surface area contributed by atoms with Gasteiger partial charge in [-0.15, -0.1) is 0 Å². The summed E-state index contributed by atoms with van der Waals surface area (Å²) in [6.07, 6.45) is 3.70. The van der Waals surface area contributed by atoms with Gasteiger partial charge >= 0.3 is 0 Å². The maximum atomic E-state index is 11.8. The highest BCUT2D eigenvalue weighted by Gasteiger charge is 2.23. The van der Waals surface area contributed by atoms with Gasteiger partial charge in [0.1, 0.15) is 0 Å². The van der Waals surface area contributed by atoms with E-state index in [1.165, 1.54) is 5.56 Å². The molecule has 18 heavy (non-hydrogen) atoms. The normalized spacial score (nSPS) is 20.6. The molecular weight excluding hydrogens is 226 g/mol. The van der Waals surface area contributed by atoms with Gasteiger partial charge in [-0.3, -0.25) is 4.79 Å². The van der Waals surface area contributed by atoms with Crippen LogP contribution in [-0.2, 0) is 16.0 Å². The Kier molecular flexibility index (Phi) is 4.76. The number of carbonyl (C=O) groups is 1. The van der Waals surface area contributed by atoms with Gasteiger partial charge in [-0.25, -0.2) is 0 Å². The second kappa shape index (κ2) is 6.55. The molecule has 1 aliphatic rings. The first-order valence-electron chi connectivity index (χ1n) is 6.70. The molecule has 1 saturated heterocycles. The molecule has 98 valence electrons. The fraction of sp³-hybridized carbons (Fsp3) is 0.533. The molecule has 1 heterocycles. The summed E-state index contributed by atoms with van der Waals surface area (Å²) in [6, 6.07) is 10.2. The Morgan fingerprint density at radius 2 is 2.22 bits per heavy atom. The van der Waals surface area contributed by atoms with E-state index >= 15 is 0 Å². The number of hydrogen-bond donors (Lipinski definition) is 1. The van der Waals surface area contributed by atoms with E-state index in [9.17, 15) is 4.79 Å². The minimum absolute atomic E-state index is 0.113. The standard InChI is InChI=1S/C15H21NO2/c1-12(14-8-5-11-18-14)16-15(17)10-9-13-6-3-2-4-7-13/h2-4,6-7,12,14H,5,8-11H2,1H3,(H,16,17)/t12-,14+/m1/s1. The summed E-state index contributed by atoms with van der Waals surface area (Å²) in [7, 11) is 0. The lowest BCUT2D eigenvalue weighted by atomic mass is 10.1. The van der Waals surface area contributed by atoms with Crippen molar-refractivity contribution in [2.24, 2.45) is 0 Å². The van der Waals surface area contributed by atoms with Crippen LogP contribution in [0.25, 0.3) is 0 Å². The predicted molar refractivity (Wildman–Crippen MR) is 71.3 cm³/mol. The summed E-state index contributed by atoms with van der Waals surface area (Å²) < 4.78 is 5.56. The van der Waals surface area contributed by atoms with Crippen LogP contribution in [0.15, 0.2) is 30.3 Å². The van der Waals surface area contributed by atoms with Gasteiger partial charge < -0.3 is 10.1 Å².